The van der Waals surface area contributed by atoms with Gasteiger partial charge in [0, 0.05) is 17.8 Å². The number of hydrogen-bond acceptors (Lipinski definition) is 5. The Balaban J connectivity index is 1.87. The molecule has 0 radical (unpaired) electrons. The lowest BCUT2D eigenvalue weighted by atomic mass is 10.2. The minimum atomic E-state index is -0.444. The number of ketones is 1. The van der Waals surface area contributed by atoms with Crippen molar-refractivity contribution in [3.63, 3.8) is 0 Å². The Morgan fingerprint density at radius 1 is 1.22 bits per heavy atom. The predicted octanol–water partition coefficient (Wildman–Crippen LogP) is 2.88. The molecule has 7 heteroatoms. The Morgan fingerprint density at radius 3 is 2.61 bits per heavy atom. The van der Waals surface area contributed by atoms with Gasteiger partial charge in [-0.2, -0.15) is 0 Å². The van der Waals surface area contributed by atoms with Crippen molar-refractivity contribution < 1.29 is 14.5 Å². The van der Waals surface area contributed by atoms with E-state index in [4.69, 9.17) is 4.74 Å². The summed E-state index contributed by atoms with van der Waals surface area (Å²) >= 11 is 0. The third kappa shape index (κ3) is 3.18. The number of nitrogens with zero attached hydrogens (tertiary/aromatic N) is 3. The molecule has 0 bridgehead atoms. The van der Waals surface area contributed by atoms with E-state index in [1.807, 2.05) is 12.1 Å². The summed E-state index contributed by atoms with van der Waals surface area (Å²) in [4.78, 5) is 25.7. The van der Waals surface area contributed by atoms with Gasteiger partial charge in [-0.3, -0.25) is 19.3 Å². The fraction of sp³-hybridized carbons (Fsp3) is 0.125. The van der Waals surface area contributed by atoms with Gasteiger partial charge >= 0.3 is 0 Å². The second kappa shape index (κ2) is 5.88. The van der Waals surface area contributed by atoms with Crippen LogP contribution in [-0.2, 0) is 4.79 Å². The third-order valence-corrected chi connectivity index (χ3v) is 3.24. The highest BCUT2D eigenvalue weighted by Crippen LogP contribution is 2.23. The zero-order valence-electron chi connectivity index (χ0n) is 12.3. The first-order valence-electron chi connectivity index (χ1n) is 6.89. The molecule has 0 aliphatic heterocycles. The Morgan fingerprint density at radius 2 is 1.96 bits per heavy atom. The summed E-state index contributed by atoms with van der Waals surface area (Å²) in [6, 6.07) is 10.2. The molecule has 3 aromatic rings. The average molecular weight is 311 g/mol. The van der Waals surface area contributed by atoms with Crippen molar-refractivity contribution in [3.8, 4) is 17.0 Å². The number of carbonyl (C=O) groups is 1. The summed E-state index contributed by atoms with van der Waals surface area (Å²) < 4.78 is 6.93. The van der Waals surface area contributed by atoms with Crippen LogP contribution < -0.4 is 4.74 Å². The van der Waals surface area contributed by atoms with Gasteiger partial charge in [-0.05, 0) is 37.3 Å². The van der Waals surface area contributed by atoms with Crippen molar-refractivity contribution in [3.05, 3.63) is 58.9 Å². The third-order valence-electron chi connectivity index (χ3n) is 3.24. The number of imidazole rings is 1. The minimum absolute atomic E-state index is 0.00873. The van der Waals surface area contributed by atoms with Crippen molar-refractivity contribution in [1.29, 1.82) is 0 Å². The van der Waals surface area contributed by atoms with E-state index < -0.39 is 4.92 Å². The molecule has 23 heavy (non-hydrogen) atoms. The van der Waals surface area contributed by atoms with E-state index in [0.717, 1.165) is 5.56 Å². The molecule has 2 heterocycles. The Bertz CT molecular complexity index is 884. The number of aromatic nitrogens is 2. The number of ether oxygens (including phenoxy) is 1. The van der Waals surface area contributed by atoms with Gasteiger partial charge in [-0.1, -0.05) is 0 Å². The molecule has 1 aromatic carbocycles. The molecule has 0 aliphatic carbocycles. The highest BCUT2D eigenvalue weighted by molar-refractivity contribution is 5.77. The molecule has 7 nitrogen and oxygen atoms in total. The lowest BCUT2D eigenvalue weighted by Gasteiger charge is -2.04. The summed E-state index contributed by atoms with van der Waals surface area (Å²) in [5.41, 5.74) is 2.19. The zero-order valence-corrected chi connectivity index (χ0v) is 12.3. The van der Waals surface area contributed by atoms with Crippen molar-refractivity contribution in [2.75, 3.05) is 6.61 Å². The second-order valence-corrected chi connectivity index (χ2v) is 5.05. The summed E-state index contributed by atoms with van der Waals surface area (Å²) in [6.07, 6.45) is 3.16. The molecule has 0 atom stereocenters. The molecule has 0 aliphatic rings. The van der Waals surface area contributed by atoms with Crippen molar-refractivity contribution in [2.24, 2.45) is 0 Å². The van der Waals surface area contributed by atoms with Crippen LogP contribution in [0.1, 0.15) is 6.92 Å². The van der Waals surface area contributed by atoms with E-state index in [9.17, 15) is 14.9 Å². The fourth-order valence-electron chi connectivity index (χ4n) is 2.13. The molecule has 0 spiro atoms. The summed E-state index contributed by atoms with van der Waals surface area (Å²) in [7, 11) is 0. The first-order chi connectivity index (χ1) is 11.0. The van der Waals surface area contributed by atoms with Crippen LogP contribution in [-0.4, -0.2) is 26.7 Å². The SMILES string of the molecule is CC(=O)COc1ccc(-c2cn3cc([N+](=O)[O-])ccc3n2)cc1. The standard InChI is InChI=1S/C16H13N3O4/c1-11(20)10-23-14-5-2-12(3-6-14)15-9-18-8-13(19(21)22)4-7-16(18)17-15/h2-9H,10H2,1H3. The Labute approximate surface area is 131 Å². The monoisotopic (exact) mass is 311 g/mol. The molecule has 0 N–H and O–H groups in total. The zero-order chi connectivity index (χ0) is 16.4. The van der Waals surface area contributed by atoms with Crippen molar-refractivity contribution in [2.45, 2.75) is 6.92 Å². The molecule has 0 saturated carbocycles. The molecule has 116 valence electrons. The number of nitro groups is 1. The van der Waals surface area contributed by atoms with Gasteiger partial charge in [0.15, 0.2) is 5.78 Å². The van der Waals surface area contributed by atoms with Crippen LogP contribution in [0.2, 0.25) is 0 Å². The number of Topliss-reactive ketones (excluding diaryl/α,β-unsaturated/α-hetero) is 1. The van der Waals surface area contributed by atoms with E-state index in [1.165, 1.54) is 19.2 Å². The summed E-state index contributed by atoms with van der Waals surface area (Å²) in [5.74, 6) is 0.555. The van der Waals surface area contributed by atoms with Crippen molar-refractivity contribution >= 4 is 17.1 Å². The molecule has 2 aromatic heterocycles. The van der Waals surface area contributed by atoms with Crippen LogP contribution in [0.5, 0.6) is 5.75 Å². The summed E-state index contributed by atoms with van der Waals surface area (Å²) in [5, 5.41) is 10.8. The van der Waals surface area contributed by atoms with E-state index >= 15 is 0 Å². The van der Waals surface area contributed by atoms with E-state index in [0.29, 0.717) is 17.1 Å². The maximum atomic E-state index is 10.9. The van der Waals surface area contributed by atoms with Gasteiger partial charge in [0.1, 0.15) is 18.0 Å². The topological polar surface area (TPSA) is 86.7 Å². The first kappa shape index (κ1) is 14.7. The van der Waals surface area contributed by atoms with Gasteiger partial charge < -0.3 is 4.74 Å². The molecule has 0 saturated heterocycles. The van der Waals surface area contributed by atoms with Gasteiger partial charge in [-0.15, -0.1) is 0 Å². The van der Waals surface area contributed by atoms with Gasteiger partial charge in [0.25, 0.3) is 5.69 Å². The maximum absolute atomic E-state index is 10.9. The van der Waals surface area contributed by atoms with Crippen LogP contribution in [0, 0.1) is 10.1 Å². The Kier molecular flexibility index (Phi) is 3.76. The average Bonchev–Trinajstić information content (AvgIpc) is 2.96. The minimum Gasteiger partial charge on any atom is -0.486 e. The summed E-state index contributed by atoms with van der Waals surface area (Å²) in [6.45, 7) is 1.50. The molecule has 3 rings (SSSR count). The molecular weight excluding hydrogens is 298 g/mol. The molecule has 0 amide bonds. The highest BCUT2D eigenvalue weighted by Gasteiger charge is 2.09. The van der Waals surface area contributed by atoms with Crippen LogP contribution in [0.25, 0.3) is 16.9 Å². The van der Waals surface area contributed by atoms with E-state index in [-0.39, 0.29) is 18.1 Å². The quantitative estimate of drug-likeness (QED) is 0.534. The lowest BCUT2D eigenvalue weighted by Crippen LogP contribution is -2.06. The lowest BCUT2D eigenvalue weighted by molar-refractivity contribution is -0.385. The first-order valence-corrected chi connectivity index (χ1v) is 6.89. The predicted molar refractivity (Wildman–Crippen MR) is 83.5 cm³/mol. The number of fused-ring (bicyclic) bond motifs is 1. The van der Waals surface area contributed by atoms with Gasteiger partial charge in [0.05, 0.1) is 16.8 Å². The maximum Gasteiger partial charge on any atom is 0.286 e. The van der Waals surface area contributed by atoms with E-state index in [2.05, 4.69) is 4.98 Å². The van der Waals surface area contributed by atoms with Crippen LogP contribution in [0.4, 0.5) is 5.69 Å². The molecule has 0 unspecified atom stereocenters. The largest absolute Gasteiger partial charge is 0.486 e. The number of carbonyl (C=O) groups excluding carboxylic acids is 1. The van der Waals surface area contributed by atoms with Crippen LogP contribution >= 0.6 is 0 Å². The van der Waals surface area contributed by atoms with E-state index in [1.54, 1.807) is 28.8 Å². The highest BCUT2D eigenvalue weighted by atomic mass is 16.6. The Hall–Kier alpha value is -3.22. The number of rotatable bonds is 5. The van der Waals surface area contributed by atoms with Gasteiger partial charge in [-0.25, -0.2) is 4.98 Å². The molecule has 0 fully saturated rings. The number of benzene rings is 1. The van der Waals surface area contributed by atoms with Crippen LogP contribution in [0.15, 0.2) is 48.8 Å². The van der Waals surface area contributed by atoms with Crippen molar-refractivity contribution in [1.82, 2.24) is 9.38 Å². The number of pyridine rings is 1. The second-order valence-electron chi connectivity index (χ2n) is 5.05. The van der Waals surface area contributed by atoms with Gasteiger partial charge in [0.2, 0.25) is 0 Å². The fourth-order valence-corrected chi connectivity index (χ4v) is 2.13. The molecular formula is C16H13N3O4. The normalized spacial score (nSPS) is 10.7. The number of hydrogen-bond donors (Lipinski definition) is 0. The smallest absolute Gasteiger partial charge is 0.286 e. The van der Waals surface area contributed by atoms with Crippen LogP contribution in [0.3, 0.4) is 0 Å².